The summed E-state index contributed by atoms with van der Waals surface area (Å²) in [5, 5.41) is 4.03. The Bertz CT molecular complexity index is 806. The second-order valence-corrected chi connectivity index (χ2v) is 6.43. The van der Waals surface area contributed by atoms with Crippen LogP contribution in [0.25, 0.3) is 6.08 Å². The van der Waals surface area contributed by atoms with Gasteiger partial charge in [-0.05, 0) is 47.9 Å². The number of methoxy groups -OCH3 is 2. The SMILES string of the molecule is CC[C@H](NC(=O)/C=C/c1ccc(Cl)cc1Cl)c1ccc(OC)c(OC)c1. The van der Waals surface area contributed by atoms with Gasteiger partial charge in [0.2, 0.25) is 5.91 Å². The van der Waals surface area contributed by atoms with Gasteiger partial charge in [-0.1, -0.05) is 42.3 Å². The van der Waals surface area contributed by atoms with E-state index in [0.29, 0.717) is 21.5 Å². The van der Waals surface area contributed by atoms with Crippen molar-refractivity contribution in [2.45, 2.75) is 19.4 Å². The van der Waals surface area contributed by atoms with Crippen LogP contribution in [-0.2, 0) is 4.79 Å². The maximum Gasteiger partial charge on any atom is 0.244 e. The van der Waals surface area contributed by atoms with Gasteiger partial charge in [0.05, 0.1) is 20.3 Å². The Labute approximate surface area is 163 Å². The molecule has 1 atom stereocenters. The Morgan fingerprint density at radius 3 is 2.46 bits per heavy atom. The number of carbonyl (C=O) groups is 1. The Hall–Kier alpha value is -2.17. The predicted octanol–water partition coefficient (Wildman–Crippen LogP) is 5.29. The number of ether oxygens (including phenoxy) is 2. The van der Waals surface area contributed by atoms with Crippen LogP contribution >= 0.6 is 23.2 Å². The van der Waals surface area contributed by atoms with Crippen LogP contribution in [-0.4, -0.2) is 20.1 Å². The minimum atomic E-state index is -0.211. The summed E-state index contributed by atoms with van der Waals surface area (Å²) in [6, 6.07) is 10.6. The molecule has 0 heterocycles. The first kappa shape index (κ1) is 20.1. The van der Waals surface area contributed by atoms with Crippen molar-refractivity contribution in [1.29, 1.82) is 0 Å². The number of halogens is 2. The van der Waals surface area contributed by atoms with E-state index in [9.17, 15) is 4.79 Å². The molecule has 6 heteroatoms. The minimum absolute atomic E-state index is 0.146. The third-order valence-corrected chi connectivity index (χ3v) is 4.47. The van der Waals surface area contributed by atoms with E-state index in [1.165, 1.54) is 6.08 Å². The Kier molecular flexibility index (Phi) is 7.37. The van der Waals surface area contributed by atoms with E-state index in [1.54, 1.807) is 38.5 Å². The molecule has 0 bridgehead atoms. The van der Waals surface area contributed by atoms with Crippen LogP contribution in [0.1, 0.15) is 30.5 Å². The summed E-state index contributed by atoms with van der Waals surface area (Å²) in [4.78, 5) is 12.3. The van der Waals surface area contributed by atoms with Crippen LogP contribution in [0.2, 0.25) is 10.0 Å². The van der Waals surface area contributed by atoms with Gasteiger partial charge in [-0.25, -0.2) is 0 Å². The van der Waals surface area contributed by atoms with E-state index in [2.05, 4.69) is 5.32 Å². The largest absolute Gasteiger partial charge is 0.493 e. The average Bonchev–Trinajstić information content (AvgIpc) is 2.64. The first-order valence-electron chi connectivity index (χ1n) is 8.14. The van der Waals surface area contributed by atoms with Crippen LogP contribution in [0, 0.1) is 0 Å². The molecule has 0 fully saturated rings. The summed E-state index contributed by atoms with van der Waals surface area (Å²) in [6.07, 6.45) is 3.85. The van der Waals surface area contributed by atoms with Crippen molar-refractivity contribution in [2.75, 3.05) is 14.2 Å². The monoisotopic (exact) mass is 393 g/mol. The number of amides is 1. The molecule has 1 amide bonds. The fourth-order valence-corrected chi connectivity index (χ4v) is 2.98. The van der Waals surface area contributed by atoms with E-state index in [-0.39, 0.29) is 11.9 Å². The van der Waals surface area contributed by atoms with Gasteiger partial charge in [0.1, 0.15) is 0 Å². The highest BCUT2D eigenvalue weighted by atomic mass is 35.5. The van der Waals surface area contributed by atoms with Crippen molar-refractivity contribution in [2.24, 2.45) is 0 Å². The van der Waals surface area contributed by atoms with Crippen molar-refractivity contribution in [3.8, 4) is 11.5 Å². The number of hydrogen-bond acceptors (Lipinski definition) is 3. The van der Waals surface area contributed by atoms with E-state index in [1.807, 2.05) is 25.1 Å². The smallest absolute Gasteiger partial charge is 0.244 e. The van der Waals surface area contributed by atoms with Crippen molar-refractivity contribution < 1.29 is 14.3 Å². The van der Waals surface area contributed by atoms with Gasteiger partial charge in [-0.15, -0.1) is 0 Å². The van der Waals surface area contributed by atoms with Gasteiger partial charge >= 0.3 is 0 Å². The van der Waals surface area contributed by atoms with Crippen molar-refractivity contribution in [3.05, 3.63) is 63.6 Å². The van der Waals surface area contributed by atoms with Crippen LogP contribution < -0.4 is 14.8 Å². The summed E-state index contributed by atoms with van der Waals surface area (Å²) in [5.74, 6) is 1.06. The third kappa shape index (κ3) is 5.16. The molecule has 1 N–H and O–H groups in total. The molecule has 2 aromatic rings. The van der Waals surface area contributed by atoms with Gasteiger partial charge < -0.3 is 14.8 Å². The highest BCUT2D eigenvalue weighted by molar-refractivity contribution is 6.35. The lowest BCUT2D eigenvalue weighted by Gasteiger charge is -2.18. The molecule has 0 aliphatic carbocycles. The molecular formula is C20H21Cl2NO3. The normalized spacial score (nSPS) is 12.0. The van der Waals surface area contributed by atoms with Crippen LogP contribution in [0.4, 0.5) is 0 Å². The predicted molar refractivity (Wildman–Crippen MR) is 106 cm³/mol. The number of benzene rings is 2. The molecular weight excluding hydrogens is 373 g/mol. The van der Waals surface area contributed by atoms with Crippen molar-refractivity contribution in [3.63, 3.8) is 0 Å². The number of hydrogen-bond donors (Lipinski definition) is 1. The van der Waals surface area contributed by atoms with E-state index in [4.69, 9.17) is 32.7 Å². The number of rotatable bonds is 7. The highest BCUT2D eigenvalue weighted by Gasteiger charge is 2.14. The molecule has 0 aliphatic rings. The maximum atomic E-state index is 12.3. The summed E-state index contributed by atoms with van der Waals surface area (Å²) in [6.45, 7) is 2.00. The molecule has 2 rings (SSSR count). The van der Waals surface area contributed by atoms with E-state index < -0.39 is 0 Å². The Balaban J connectivity index is 2.11. The minimum Gasteiger partial charge on any atom is -0.493 e. The average molecular weight is 394 g/mol. The second-order valence-electron chi connectivity index (χ2n) is 5.58. The number of carbonyl (C=O) groups excluding carboxylic acids is 1. The van der Waals surface area contributed by atoms with Crippen LogP contribution in [0.15, 0.2) is 42.5 Å². The maximum absolute atomic E-state index is 12.3. The van der Waals surface area contributed by atoms with Gasteiger partial charge in [0, 0.05) is 16.1 Å². The highest BCUT2D eigenvalue weighted by Crippen LogP contribution is 2.31. The molecule has 4 nitrogen and oxygen atoms in total. The zero-order chi connectivity index (χ0) is 19.1. The molecule has 26 heavy (non-hydrogen) atoms. The van der Waals surface area contributed by atoms with Gasteiger partial charge in [0.15, 0.2) is 11.5 Å². The molecule has 0 saturated carbocycles. The van der Waals surface area contributed by atoms with Gasteiger partial charge in [0.25, 0.3) is 0 Å². The lowest BCUT2D eigenvalue weighted by molar-refractivity contribution is -0.117. The third-order valence-electron chi connectivity index (χ3n) is 3.91. The number of nitrogens with one attached hydrogen (secondary N) is 1. The Morgan fingerprint density at radius 1 is 1.12 bits per heavy atom. The fraction of sp³-hybridized carbons (Fsp3) is 0.250. The molecule has 138 valence electrons. The summed E-state index contributed by atoms with van der Waals surface area (Å²) >= 11 is 12.0. The molecule has 0 saturated heterocycles. The zero-order valence-corrected chi connectivity index (χ0v) is 16.4. The molecule has 0 spiro atoms. The van der Waals surface area contributed by atoms with Crippen LogP contribution in [0.5, 0.6) is 11.5 Å². The van der Waals surface area contributed by atoms with Crippen LogP contribution in [0.3, 0.4) is 0 Å². The Morgan fingerprint density at radius 2 is 1.85 bits per heavy atom. The summed E-state index contributed by atoms with van der Waals surface area (Å²) in [5.41, 5.74) is 1.67. The van der Waals surface area contributed by atoms with E-state index in [0.717, 1.165) is 17.5 Å². The first-order chi connectivity index (χ1) is 12.5. The zero-order valence-electron chi connectivity index (χ0n) is 14.9. The topological polar surface area (TPSA) is 47.6 Å². The van der Waals surface area contributed by atoms with Gasteiger partial charge in [-0.3, -0.25) is 4.79 Å². The second kappa shape index (κ2) is 9.51. The summed E-state index contributed by atoms with van der Waals surface area (Å²) < 4.78 is 10.6. The molecule has 0 aromatic heterocycles. The molecule has 0 radical (unpaired) electrons. The van der Waals surface area contributed by atoms with Crippen molar-refractivity contribution in [1.82, 2.24) is 5.32 Å². The molecule has 2 aromatic carbocycles. The molecule has 0 aliphatic heterocycles. The van der Waals surface area contributed by atoms with Crippen molar-refractivity contribution >= 4 is 35.2 Å². The first-order valence-corrected chi connectivity index (χ1v) is 8.89. The lowest BCUT2D eigenvalue weighted by Crippen LogP contribution is -2.26. The summed E-state index contributed by atoms with van der Waals surface area (Å²) in [7, 11) is 3.17. The molecule has 0 unspecified atom stereocenters. The van der Waals surface area contributed by atoms with Gasteiger partial charge in [-0.2, -0.15) is 0 Å². The lowest BCUT2D eigenvalue weighted by atomic mass is 10.0. The fourth-order valence-electron chi connectivity index (χ4n) is 2.51. The standard InChI is InChI=1S/C20H21Cl2NO3/c1-4-17(14-6-9-18(25-2)19(11-14)26-3)23-20(24)10-7-13-5-8-15(21)12-16(13)22/h5-12,17H,4H2,1-3H3,(H,23,24)/b10-7+/t17-/m0/s1. The van der Waals surface area contributed by atoms with E-state index >= 15 is 0 Å². The quantitative estimate of drug-likeness (QED) is 0.649.